The standard InChI is InChI=1S/C36H66O5SSi2/c1-26(2)43(27(3)4,28(5)6)39-25-19-15-18-22-34(41-44(29(7)8,30(9)10)31(11)12)36-32(13)23-24-35(40-36)42(37,38)33-20-16-14-17-21-33/h14-18,20-21,26-32,34-36H,19,22-25H2,1-13H3/b18-15-/t32-,34-,35?,36-/m1/s1. The van der Waals surface area contributed by atoms with Crippen LogP contribution >= 0.6 is 0 Å². The van der Waals surface area contributed by atoms with Gasteiger partial charge in [0.15, 0.2) is 13.8 Å². The Balaban J connectivity index is 2.35. The molecule has 1 aromatic rings. The minimum atomic E-state index is -3.61. The van der Waals surface area contributed by atoms with Crippen molar-refractivity contribution in [3.05, 3.63) is 42.5 Å². The van der Waals surface area contributed by atoms with Crippen molar-refractivity contribution in [1.82, 2.24) is 0 Å². The van der Waals surface area contributed by atoms with Crippen LogP contribution in [0.4, 0.5) is 0 Å². The zero-order chi connectivity index (χ0) is 33.5. The summed E-state index contributed by atoms with van der Waals surface area (Å²) in [6.45, 7) is 30.7. The normalized spacial score (nSPS) is 21.6. The van der Waals surface area contributed by atoms with Crippen molar-refractivity contribution >= 4 is 26.5 Å². The Kier molecular flexibility index (Phi) is 15.1. The van der Waals surface area contributed by atoms with Crippen LogP contribution in [0.15, 0.2) is 47.4 Å². The van der Waals surface area contributed by atoms with Crippen LogP contribution in [0.5, 0.6) is 0 Å². The average Bonchev–Trinajstić information content (AvgIpc) is 2.93. The van der Waals surface area contributed by atoms with Gasteiger partial charge in [-0.05, 0) is 77.0 Å². The van der Waals surface area contributed by atoms with Crippen molar-refractivity contribution in [3.8, 4) is 0 Å². The van der Waals surface area contributed by atoms with Crippen LogP contribution in [-0.4, -0.2) is 49.3 Å². The number of rotatable bonds is 17. The summed E-state index contributed by atoms with van der Waals surface area (Å²) in [4.78, 5) is 0.328. The molecule has 0 aromatic heterocycles. The molecule has 1 aliphatic rings. The van der Waals surface area contributed by atoms with E-state index in [1.165, 1.54) is 0 Å². The number of benzene rings is 1. The first-order chi connectivity index (χ1) is 20.5. The Labute approximate surface area is 274 Å². The van der Waals surface area contributed by atoms with Crippen molar-refractivity contribution in [2.24, 2.45) is 5.92 Å². The molecule has 0 amide bonds. The van der Waals surface area contributed by atoms with Crippen molar-refractivity contribution in [2.75, 3.05) is 6.61 Å². The van der Waals surface area contributed by atoms with E-state index in [1.807, 2.05) is 6.07 Å². The third kappa shape index (κ3) is 8.77. The molecule has 2 rings (SSSR count). The number of hydrogen-bond acceptors (Lipinski definition) is 5. The van der Waals surface area contributed by atoms with E-state index in [1.54, 1.807) is 24.3 Å². The molecule has 8 heteroatoms. The van der Waals surface area contributed by atoms with Gasteiger partial charge in [0, 0.05) is 6.61 Å². The second-order valence-corrected chi connectivity index (χ2v) is 28.0. The molecule has 254 valence electrons. The van der Waals surface area contributed by atoms with Gasteiger partial charge in [-0.25, -0.2) is 8.42 Å². The number of hydrogen-bond donors (Lipinski definition) is 0. The summed E-state index contributed by atoms with van der Waals surface area (Å²) in [5.74, 6) is 0.201. The highest BCUT2D eigenvalue weighted by atomic mass is 32.2. The summed E-state index contributed by atoms with van der Waals surface area (Å²) in [5, 5.41) is 0. The van der Waals surface area contributed by atoms with Gasteiger partial charge in [-0.2, -0.15) is 0 Å². The van der Waals surface area contributed by atoms with Crippen LogP contribution in [0.2, 0.25) is 33.2 Å². The van der Waals surface area contributed by atoms with Crippen LogP contribution in [0.3, 0.4) is 0 Å². The van der Waals surface area contributed by atoms with E-state index in [-0.39, 0.29) is 18.1 Å². The van der Waals surface area contributed by atoms with Gasteiger partial charge >= 0.3 is 0 Å². The fraction of sp³-hybridized carbons (Fsp3) is 0.778. The fourth-order valence-electron chi connectivity index (χ4n) is 8.46. The minimum Gasteiger partial charge on any atom is -0.416 e. The Bertz CT molecular complexity index is 1070. The first-order valence-corrected chi connectivity index (χ1v) is 23.2. The molecule has 4 atom stereocenters. The van der Waals surface area contributed by atoms with E-state index >= 15 is 0 Å². The van der Waals surface area contributed by atoms with E-state index in [0.717, 1.165) is 19.4 Å². The molecule has 1 aromatic carbocycles. The third-order valence-electron chi connectivity index (χ3n) is 10.5. The lowest BCUT2D eigenvalue weighted by atomic mass is 9.91. The molecule has 0 aliphatic carbocycles. The summed E-state index contributed by atoms with van der Waals surface area (Å²) in [7, 11) is -7.76. The van der Waals surface area contributed by atoms with Gasteiger partial charge in [0.1, 0.15) is 0 Å². The molecule has 1 unspecified atom stereocenters. The summed E-state index contributed by atoms with van der Waals surface area (Å²) in [6, 6.07) is 8.75. The van der Waals surface area contributed by atoms with Crippen LogP contribution in [-0.2, 0) is 23.4 Å². The maximum Gasteiger partial charge on any atom is 0.205 e. The van der Waals surface area contributed by atoms with Gasteiger partial charge in [0.05, 0.1) is 17.1 Å². The molecule has 0 saturated carbocycles. The van der Waals surface area contributed by atoms with Crippen molar-refractivity contribution in [1.29, 1.82) is 0 Å². The molecule has 0 radical (unpaired) electrons. The van der Waals surface area contributed by atoms with Gasteiger partial charge in [-0.1, -0.05) is 120 Å². The van der Waals surface area contributed by atoms with Crippen molar-refractivity contribution in [2.45, 2.75) is 171 Å². The molecule has 0 spiro atoms. The summed E-state index contributed by atoms with van der Waals surface area (Å²) >= 11 is 0. The van der Waals surface area contributed by atoms with Gasteiger partial charge in [-0.15, -0.1) is 0 Å². The first-order valence-electron chi connectivity index (χ1n) is 17.4. The molecular weight excluding hydrogens is 601 g/mol. The van der Waals surface area contributed by atoms with E-state index in [0.29, 0.717) is 51.0 Å². The minimum absolute atomic E-state index is 0.201. The zero-order valence-electron chi connectivity index (χ0n) is 30.3. The predicted molar refractivity (Wildman–Crippen MR) is 192 cm³/mol. The van der Waals surface area contributed by atoms with E-state index < -0.39 is 31.9 Å². The quantitative estimate of drug-likeness (QED) is 0.0940. The molecule has 1 saturated heterocycles. The predicted octanol–water partition coefficient (Wildman–Crippen LogP) is 10.7. The molecule has 1 fully saturated rings. The molecule has 0 bridgehead atoms. The Morgan fingerprint density at radius 2 is 1.27 bits per heavy atom. The highest BCUT2D eigenvalue weighted by Gasteiger charge is 2.50. The maximum atomic E-state index is 13.6. The lowest BCUT2D eigenvalue weighted by molar-refractivity contribution is -0.0996. The smallest absolute Gasteiger partial charge is 0.205 e. The van der Waals surface area contributed by atoms with Crippen molar-refractivity contribution < 1.29 is 22.0 Å². The molecule has 5 nitrogen and oxygen atoms in total. The van der Waals surface area contributed by atoms with E-state index in [9.17, 15) is 8.42 Å². The highest BCUT2D eigenvalue weighted by Crippen LogP contribution is 2.46. The Hall–Kier alpha value is -0.776. The van der Waals surface area contributed by atoms with Gasteiger partial charge in [-0.3, -0.25) is 0 Å². The summed E-state index contributed by atoms with van der Waals surface area (Å²) < 4.78 is 48.1. The van der Waals surface area contributed by atoms with Gasteiger partial charge < -0.3 is 13.6 Å². The van der Waals surface area contributed by atoms with Gasteiger partial charge in [0.25, 0.3) is 0 Å². The van der Waals surface area contributed by atoms with Crippen LogP contribution in [0.1, 0.15) is 116 Å². The topological polar surface area (TPSA) is 61.8 Å². The number of ether oxygens (including phenoxy) is 1. The SMILES string of the molecule is CC(C)[Si](OCC/C=C\C[C@@H](O[Si](C(C)C)(C(C)C)C(C)C)[C@@H]1OC(S(=O)(=O)c2ccccc2)CC[C@H]1C)(C(C)C)C(C)C. The molecule has 1 heterocycles. The largest absolute Gasteiger partial charge is 0.416 e. The van der Waals surface area contributed by atoms with Crippen LogP contribution in [0.25, 0.3) is 0 Å². The lowest BCUT2D eigenvalue weighted by Gasteiger charge is -2.48. The second-order valence-electron chi connectivity index (χ2n) is 15.1. The molecular formula is C36H66O5SSi2. The van der Waals surface area contributed by atoms with Crippen LogP contribution in [0, 0.1) is 5.92 Å². The Morgan fingerprint density at radius 3 is 1.75 bits per heavy atom. The second kappa shape index (κ2) is 16.9. The lowest BCUT2D eigenvalue weighted by Crippen LogP contribution is -2.55. The first kappa shape index (κ1) is 39.4. The van der Waals surface area contributed by atoms with Gasteiger partial charge in [0.2, 0.25) is 18.2 Å². The molecule has 1 aliphatic heterocycles. The monoisotopic (exact) mass is 666 g/mol. The molecule has 0 N–H and O–H groups in total. The highest BCUT2D eigenvalue weighted by molar-refractivity contribution is 7.91. The number of sulfone groups is 1. The molecule has 44 heavy (non-hydrogen) atoms. The summed E-state index contributed by atoms with van der Waals surface area (Å²) in [5.41, 5.74) is 2.11. The summed E-state index contributed by atoms with van der Waals surface area (Å²) in [6.07, 6.45) is 6.85. The third-order valence-corrected chi connectivity index (χ3v) is 24.7. The van der Waals surface area contributed by atoms with E-state index in [2.05, 4.69) is 102 Å². The maximum absolute atomic E-state index is 13.6. The fourth-order valence-corrected chi connectivity index (χ4v) is 21.1. The van der Waals surface area contributed by atoms with Crippen LogP contribution < -0.4 is 0 Å². The zero-order valence-corrected chi connectivity index (χ0v) is 33.1. The van der Waals surface area contributed by atoms with Crippen molar-refractivity contribution in [3.63, 3.8) is 0 Å². The average molecular weight is 667 g/mol. The van der Waals surface area contributed by atoms with E-state index in [4.69, 9.17) is 13.6 Å². The Morgan fingerprint density at radius 1 is 0.773 bits per heavy atom.